The molecule has 140 valence electrons. The molecule has 2 aliphatic rings. The minimum atomic E-state index is -4.05. The number of nitro groups is 1. The van der Waals surface area contributed by atoms with E-state index in [1.165, 1.54) is 7.11 Å². The van der Waals surface area contributed by atoms with Gasteiger partial charge in [0.25, 0.3) is 5.69 Å². The number of nitro benzene ring substituents is 1. The Kier molecular flexibility index (Phi) is 4.23. The Hall–Kier alpha value is -2.53. The van der Waals surface area contributed by atoms with Crippen molar-refractivity contribution in [1.82, 2.24) is 10.0 Å². The van der Waals surface area contributed by atoms with Gasteiger partial charge in [-0.25, -0.2) is 13.2 Å². The van der Waals surface area contributed by atoms with Gasteiger partial charge in [-0.2, -0.15) is 4.72 Å². The lowest BCUT2D eigenvalue weighted by atomic mass is 10.2. The molecule has 3 rings (SSSR count). The van der Waals surface area contributed by atoms with Crippen molar-refractivity contribution in [2.75, 3.05) is 7.11 Å². The third kappa shape index (κ3) is 3.27. The molecular formula is C15H17N3O7S. The summed E-state index contributed by atoms with van der Waals surface area (Å²) in [5.74, 6) is -1.13. The number of sulfonamides is 1. The van der Waals surface area contributed by atoms with E-state index < -0.39 is 37.9 Å². The Balaban J connectivity index is 1.73. The first-order valence-electron chi connectivity index (χ1n) is 7.84. The smallest absolute Gasteiger partial charge is 0.331 e. The summed E-state index contributed by atoms with van der Waals surface area (Å²) in [6.45, 7) is 0. The van der Waals surface area contributed by atoms with Gasteiger partial charge < -0.3 is 10.1 Å². The second-order valence-corrected chi connectivity index (χ2v) is 8.15. The Morgan fingerprint density at radius 2 is 1.65 bits per heavy atom. The van der Waals surface area contributed by atoms with E-state index in [1.807, 2.05) is 0 Å². The van der Waals surface area contributed by atoms with Gasteiger partial charge in [-0.15, -0.1) is 0 Å². The molecule has 1 aromatic rings. The molecular weight excluding hydrogens is 366 g/mol. The lowest BCUT2D eigenvalue weighted by molar-refractivity contribution is -0.384. The molecule has 26 heavy (non-hydrogen) atoms. The molecule has 0 atom stereocenters. The molecule has 0 radical (unpaired) electrons. The van der Waals surface area contributed by atoms with Gasteiger partial charge in [-0.05, 0) is 37.8 Å². The lowest BCUT2D eigenvalue weighted by Gasteiger charge is -2.21. The second-order valence-electron chi connectivity index (χ2n) is 6.47. The van der Waals surface area contributed by atoms with Crippen LogP contribution in [0.25, 0.3) is 0 Å². The molecule has 2 saturated carbocycles. The highest BCUT2D eigenvalue weighted by Gasteiger charge is 2.59. The maximum Gasteiger partial charge on any atom is 0.331 e. The Morgan fingerprint density at radius 1 is 1.12 bits per heavy atom. The molecule has 10 nitrogen and oxygen atoms in total. The van der Waals surface area contributed by atoms with Crippen LogP contribution in [0.3, 0.4) is 0 Å². The summed E-state index contributed by atoms with van der Waals surface area (Å²) in [5.41, 5.74) is -2.62. The van der Waals surface area contributed by atoms with Crippen molar-refractivity contribution >= 4 is 27.6 Å². The topological polar surface area (TPSA) is 145 Å². The molecule has 0 aliphatic heterocycles. The van der Waals surface area contributed by atoms with Gasteiger partial charge in [-0.3, -0.25) is 14.9 Å². The maximum absolute atomic E-state index is 12.5. The minimum Gasteiger partial charge on any atom is -0.467 e. The van der Waals surface area contributed by atoms with E-state index in [2.05, 4.69) is 14.8 Å². The first kappa shape index (κ1) is 18.3. The van der Waals surface area contributed by atoms with Crippen LogP contribution in [-0.2, 0) is 24.3 Å². The van der Waals surface area contributed by atoms with Gasteiger partial charge in [0.05, 0.1) is 16.9 Å². The number of hydrogen-bond acceptors (Lipinski definition) is 7. The average molecular weight is 383 g/mol. The van der Waals surface area contributed by atoms with Gasteiger partial charge in [0.1, 0.15) is 11.1 Å². The first-order chi connectivity index (χ1) is 12.1. The maximum atomic E-state index is 12.5. The van der Waals surface area contributed by atoms with Crippen LogP contribution >= 0.6 is 0 Å². The van der Waals surface area contributed by atoms with Crippen LogP contribution in [-0.4, -0.2) is 43.4 Å². The summed E-state index contributed by atoms with van der Waals surface area (Å²) < 4.78 is 32.0. The number of ether oxygens (including phenoxy) is 1. The number of benzene rings is 1. The van der Waals surface area contributed by atoms with E-state index in [1.54, 1.807) is 0 Å². The van der Waals surface area contributed by atoms with Crippen LogP contribution in [0, 0.1) is 10.1 Å². The number of non-ortho nitro benzene ring substituents is 1. The normalized spacial score (nSPS) is 19.3. The third-order valence-corrected chi connectivity index (χ3v) is 6.10. The van der Waals surface area contributed by atoms with Crippen molar-refractivity contribution in [2.24, 2.45) is 0 Å². The van der Waals surface area contributed by atoms with Crippen LogP contribution in [0.15, 0.2) is 29.2 Å². The van der Waals surface area contributed by atoms with E-state index >= 15 is 0 Å². The van der Waals surface area contributed by atoms with Crippen LogP contribution in [0.5, 0.6) is 0 Å². The van der Waals surface area contributed by atoms with E-state index in [9.17, 15) is 28.1 Å². The number of esters is 1. The molecule has 0 unspecified atom stereocenters. The average Bonchev–Trinajstić information content (AvgIpc) is 3.51. The Labute approximate surface area is 149 Å². The summed E-state index contributed by atoms with van der Waals surface area (Å²) >= 11 is 0. The summed E-state index contributed by atoms with van der Waals surface area (Å²) in [4.78, 5) is 34.1. The fourth-order valence-corrected chi connectivity index (χ4v) is 4.02. The minimum absolute atomic E-state index is 0.184. The summed E-state index contributed by atoms with van der Waals surface area (Å²) in [7, 11) is -2.83. The molecule has 1 aromatic carbocycles. The quantitative estimate of drug-likeness (QED) is 0.389. The number of amides is 1. The van der Waals surface area contributed by atoms with Crippen molar-refractivity contribution in [3.8, 4) is 0 Å². The predicted molar refractivity (Wildman–Crippen MR) is 87.5 cm³/mol. The van der Waals surface area contributed by atoms with Crippen molar-refractivity contribution in [1.29, 1.82) is 0 Å². The van der Waals surface area contributed by atoms with Crippen LogP contribution in [0.4, 0.5) is 5.69 Å². The van der Waals surface area contributed by atoms with E-state index in [-0.39, 0.29) is 10.6 Å². The molecule has 0 heterocycles. The molecule has 1 amide bonds. The molecule has 0 bridgehead atoms. The largest absolute Gasteiger partial charge is 0.467 e. The van der Waals surface area contributed by atoms with Crippen molar-refractivity contribution in [2.45, 2.75) is 41.7 Å². The lowest BCUT2D eigenvalue weighted by Crippen LogP contribution is -2.54. The molecule has 0 aromatic heterocycles. The fourth-order valence-electron chi connectivity index (χ4n) is 2.60. The van der Waals surface area contributed by atoms with Crippen LogP contribution < -0.4 is 10.0 Å². The number of nitrogens with zero attached hydrogens (tertiary/aromatic N) is 1. The van der Waals surface area contributed by atoms with E-state index in [0.29, 0.717) is 25.7 Å². The van der Waals surface area contributed by atoms with Gasteiger partial charge >= 0.3 is 5.97 Å². The van der Waals surface area contributed by atoms with Crippen LogP contribution in [0.1, 0.15) is 25.7 Å². The highest BCUT2D eigenvalue weighted by molar-refractivity contribution is 7.89. The standard InChI is InChI=1S/C15H17N3O7S/c1-25-13(20)15(8-9-15)16-12(19)14(6-7-14)17-26(23,24)11-4-2-10(3-5-11)18(21)22/h2-5,17H,6-9H2,1H3,(H,16,19). The van der Waals surface area contributed by atoms with E-state index in [0.717, 1.165) is 24.3 Å². The van der Waals surface area contributed by atoms with Gasteiger partial charge in [-0.1, -0.05) is 0 Å². The van der Waals surface area contributed by atoms with Gasteiger partial charge in [0, 0.05) is 12.1 Å². The number of rotatable bonds is 7. The molecule has 2 aliphatic carbocycles. The highest BCUT2D eigenvalue weighted by atomic mass is 32.2. The summed E-state index contributed by atoms with van der Waals surface area (Å²) in [6, 6.07) is 4.35. The predicted octanol–water partition coefficient (Wildman–Crippen LogP) is 0.228. The highest BCUT2D eigenvalue weighted by Crippen LogP contribution is 2.42. The molecule has 0 spiro atoms. The zero-order chi connectivity index (χ0) is 19.2. The van der Waals surface area contributed by atoms with Crippen LogP contribution in [0.2, 0.25) is 0 Å². The van der Waals surface area contributed by atoms with Gasteiger partial charge in [0.15, 0.2) is 0 Å². The first-order valence-corrected chi connectivity index (χ1v) is 9.32. The SMILES string of the molecule is COC(=O)C1(NC(=O)C2(NS(=O)(=O)c3ccc([N+](=O)[O-])cc3)CC2)CC1. The Morgan fingerprint density at radius 3 is 2.08 bits per heavy atom. The second kappa shape index (κ2) is 6.02. The van der Waals surface area contributed by atoms with Crippen molar-refractivity contribution < 1.29 is 27.7 Å². The Bertz CT molecular complexity index is 871. The summed E-state index contributed by atoms with van der Waals surface area (Å²) in [5, 5.41) is 13.2. The number of nitrogens with one attached hydrogen (secondary N) is 2. The monoisotopic (exact) mass is 383 g/mol. The number of carbonyl (C=O) groups is 2. The molecule has 11 heteroatoms. The fraction of sp³-hybridized carbons (Fsp3) is 0.467. The summed E-state index contributed by atoms with van der Waals surface area (Å²) in [6.07, 6.45) is 1.47. The molecule has 2 fully saturated rings. The van der Waals surface area contributed by atoms with Gasteiger partial charge in [0.2, 0.25) is 15.9 Å². The zero-order valence-corrected chi connectivity index (χ0v) is 14.7. The number of methoxy groups -OCH3 is 1. The zero-order valence-electron chi connectivity index (χ0n) is 13.9. The number of hydrogen-bond donors (Lipinski definition) is 2. The number of carbonyl (C=O) groups excluding carboxylic acids is 2. The molecule has 2 N–H and O–H groups in total. The van der Waals surface area contributed by atoms with Crippen molar-refractivity contribution in [3.05, 3.63) is 34.4 Å². The third-order valence-electron chi connectivity index (χ3n) is 4.55. The van der Waals surface area contributed by atoms with Crippen molar-refractivity contribution in [3.63, 3.8) is 0 Å². The van der Waals surface area contributed by atoms with E-state index in [4.69, 9.17) is 0 Å². The molecule has 0 saturated heterocycles.